The summed E-state index contributed by atoms with van der Waals surface area (Å²) in [6.45, 7) is 4.52. The van der Waals surface area contributed by atoms with Gasteiger partial charge in [-0.25, -0.2) is 8.78 Å². The van der Waals surface area contributed by atoms with Crippen LogP contribution in [-0.2, 0) is 11.2 Å². The van der Waals surface area contributed by atoms with Crippen molar-refractivity contribution in [3.63, 3.8) is 0 Å². The van der Waals surface area contributed by atoms with E-state index in [9.17, 15) is 13.6 Å². The van der Waals surface area contributed by atoms with Crippen molar-refractivity contribution in [2.24, 2.45) is 5.41 Å². The molecule has 1 rings (SSSR count). The zero-order valence-corrected chi connectivity index (χ0v) is 11.9. The first kappa shape index (κ1) is 16.6. The number of aliphatic hydroxyl groups excluding tert-OH is 1. The van der Waals surface area contributed by atoms with Crippen LogP contribution in [0.4, 0.5) is 8.78 Å². The van der Waals surface area contributed by atoms with Gasteiger partial charge in [0.2, 0.25) is 5.91 Å². The molecule has 112 valence electrons. The second-order valence-corrected chi connectivity index (χ2v) is 5.70. The maximum absolute atomic E-state index is 13.0. The fraction of sp³-hybridized carbons (Fsp3) is 0.533. The Labute approximate surface area is 118 Å². The minimum absolute atomic E-state index is 0.0284. The molecule has 2 N–H and O–H groups in total. The Hall–Kier alpha value is -1.49. The number of amides is 1. The molecule has 0 radical (unpaired) electrons. The highest BCUT2D eigenvalue weighted by molar-refractivity contribution is 5.78. The van der Waals surface area contributed by atoms with Gasteiger partial charge in [-0.05, 0) is 36.0 Å². The molecule has 0 atom stereocenters. The third-order valence-corrected chi connectivity index (χ3v) is 3.13. The van der Waals surface area contributed by atoms with Crippen LogP contribution in [-0.4, -0.2) is 24.2 Å². The number of hydrogen-bond donors (Lipinski definition) is 2. The van der Waals surface area contributed by atoms with Gasteiger partial charge in [-0.2, -0.15) is 0 Å². The van der Waals surface area contributed by atoms with Gasteiger partial charge in [0.1, 0.15) is 0 Å². The molecule has 20 heavy (non-hydrogen) atoms. The molecule has 1 aromatic rings. The predicted molar refractivity (Wildman–Crippen MR) is 73.2 cm³/mol. The maximum Gasteiger partial charge on any atom is 0.224 e. The molecule has 0 fully saturated rings. The smallest absolute Gasteiger partial charge is 0.224 e. The monoisotopic (exact) mass is 285 g/mol. The quantitative estimate of drug-likeness (QED) is 0.756. The van der Waals surface area contributed by atoms with Crippen molar-refractivity contribution < 1.29 is 18.7 Å². The number of halogens is 2. The Morgan fingerprint density at radius 2 is 2.00 bits per heavy atom. The standard InChI is InChI=1S/C15H21F2NO2/c1-15(2,10-19)6-3-7-18-14(20)9-11-4-5-12(16)13(17)8-11/h4-5,8,19H,3,6-7,9-10H2,1-2H3,(H,18,20). The van der Waals surface area contributed by atoms with E-state index in [2.05, 4.69) is 5.32 Å². The molecule has 0 saturated carbocycles. The summed E-state index contributed by atoms with van der Waals surface area (Å²) in [5.41, 5.74) is 0.294. The highest BCUT2D eigenvalue weighted by atomic mass is 19.2. The molecule has 0 heterocycles. The second-order valence-electron chi connectivity index (χ2n) is 5.70. The average Bonchev–Trinajstić information content (AvgIpc) is 2.39. The first-order valence-electron chi connectivity index (χ1n) is 6.65. The summed E-state index contributed by atoms with van der Waals surface area (Å²) in [6.07, 6.45) is 1.59. The molecule has 0 saturated heterocycles. The van der Waals surface area contributed by atoms with Crippen LogP contribution in [0.5, 0.6) is 0 Å². The fourth-order valence-electron chi connectivity index (χ4n) is 1.77. The summed E-state index contributed by atoms with van der Waals surface area (Å²) < 4.78 is 25.7. The summed E-state index contributed by atoms with van der Waals surface area (Å²) in [7, 11) is 0. The van der Waals surface area contributed by atoms with Gasteiger partial charge < -0.3 is 10.4 Å². The molecule has 0 aliphatic rings. The van der Waals surface area contributed by atoms with Gasteiger partial charge in [-0.15, -0.1) is 0 Å². The van der Waals surface area contributed by atoms with Crippen molar-refractivity contribution in [3.8, 4) is 0 Å². The maximum atomic E-state index is 13.0. The largest absolute Gasteiger partial charge is 0.396 e. The predicted octanol–water partition coefficient (Wildman–Crippen LogP) is 2.42. The Balaban J connectivity index is 2.32. The van der Waals surface area contributed by atoms with E-state index in [1.807, 2.05) is 13.8 Å². The van der Waals surface area contributed by atoms with Gasteiger partial charge in [0, 0.05) is 13.2 Å². The van der Waals surface area contributed by atoms with E-state index in [1.54, 1.807) is 0 Å². The Kier molecular flexibility index (Phi) is 6.07. The average molecular weight is 285 g/mol. The van der Waals surface area contributed by atoms with Gasteiger partial charge in [-0.1, -0.05) is 19.9 Å². The van der Waals surface area contributed by atoms with Gasteiger partial charge in [0.05, 0.1) is 6.42 Å². The van der Waals surface area contributed by atoms with Crippen molar-refractivity contribution >= 4 is 5.91 Å². The molecular formula is C15H21F2NO2. The Morgan fingerprint density at radius 1 is 1.30 bits per heavy atom. The molecule has 0 aliphatic heterocycles. The van der Waals surface area contributed by atoms with Crippen LogP contribution in [0.15, 0.2) is 18.2 Å². The minimum Gasteiger partial charge on any atom is -0.396 e. The molecule has 5 heteroatoms. The highest BCUT2D eigenvalue weighted by Crippen LogP contribution is 2.20. The topological polar surface area (TPSA) is 49.3 Å². The van der Waals surface area contributed by atoms with E-state index in [-0.39, 0.29) is 24.3 Å². The minimum atomic E-state index is -0.944. The first-order valence-corrected chi connectivity index (χ1v) is 6.65. The van der Waals surface area contributed by atoms with Gasteiger partial charge in [0.15, 0.2) is 11.6 Å². The summed E-state index contributed by atoms with van der Waals surface area (Å²) in [5.74, 6) is -2.08. The molecule has 0 unspecified atom stereocenters. The first-order chi connectivity index (χ1) is 9.34. The molecule has 1 amide bonds. The number of benzene rings is 1. The second kappa shape index (κ2) is 7.33. The van der Waals surface area contributed by atoms with Crippen LogP contribution >= 0.6 is 0 Å². The number of nitrogens with one attached hydrogen (secondary N) is 1. The van der Waals surface area contributed by atoms with Gasteiger partial charge >= 0.3 is 0 Å². The molecule has 1 aromatic carbocycles. The summed E-state index contributed by atoms with van der Waals surface area (Å²) in [4.78, 5) is 11.6. The van der Waals surface area contributed by atoms with E-state index in [4.69, 9.17) is 5.11 Å². The molecule has 0 aromatic heterocycles. The third kappa shape index (κ3) is 5.65. The van der Waals surface area contributed by atoms with Gasteiger partial charge in [0.25, 0.3) is 0 Å². The van der Waals surface area contributed by atoms with E-state index in [0.717, 1.165) is 25.0 Å². The number of carbonyl (C=O) groups excluding carboxylic acids is 1. The van der Waals surface area contributed by atoms with Crippen LogP contribution in [0, 0.1) is 17.0 Å². The lowest BCUT2D eigenvalue weighted by Gasteiger charge is -2.21. The molecular weight excluding hydrogens is 264 g/mol. The molecule has 0 aliphatic carbocycles. The summed E-state index contributed by atoms with van der Waals surface area (Å²) in [6, 6.07) is 3.44. The van der Waals surface area contributed by atoms with Crippen molar-refractivity contribution in [2.45, 2.75) is 33.1 Å². The summed E-state index contributed by atoms with van der Waals surface area (Å²) >= 11 is 0. The SMILES string of the molecule is CC(C)(CO)CCCNC(=O)Cc1ccc(F)c(F)c1. The Morgan fingerprint density at radius 3 is 2.60 bits per heavy atom. The number of aliphatic hydroxyl groups is 1. The number of rotatable bonds is 7. The van der Waals surface area contributed by atoms with Crippen molar-refractivity contribution in [1.82, 2.24) is 5.32 Å². The van der Waals surface area contributed by atoms with Crippen LogP contribution in [0.3, 0.4) is 0 Å². The summed E-state index contributed by atoms with van der Waals surface area (Å²) in [5, 5.41) is 11.8. The van der Waals surface area contributed by atoms with Crippen LogP contribution in [0.2, 0.25) is 0 Å². The van der Waals surface area contributed by atoms with Gasteiger partial charge in [-0.3, -0.25) is 4.79 Å². The lowest BCUT2D eigenvalue weighted by Crippen LogP contribution is -2.27. The van der Waals surface area contributed by atoms with E-state index >= 15 is 0 Å². The fourth-order valence-corrected chi connectivity index (χ4v) is 1.77. The lowest BCUT2D eigenvalue weighted by atomic mass is 9.89. The third-order valence-electron chi connectivity index (χ3n) is 3.13. The van der Waals surface area contributed by atoms with Crippen molar-refractivity contribution in [1.29, 1.82) is 0 Å². The zero-order valence-electron chi connectivity index (χ0n) is 11.9. The van der Waals surface area contributed by atoms with E-state index < -0.39 is 11.6 Å². The Bertz CT molecular complexity index is 461. The van der Waals surface area contributed by atoms with Crippen LogP contribution in [0.25, 0.3) is 0 Å². The van der Waals surface area contributed by atoms with E-state index in [0.29, 0.717) is 12.1 Å². The van der Waals surface area contributed by atoms with E-state index in [1.165, 1.54) is 6.07 Å². The van der Waals surface area contributed by atoms with Crippen LogP contribution in [0.1, 0.15) is 32.3 Å². The number of carbonyl (C=O) groups is 1. The molecule has 3 nitrogen and oxygen atoms in total. The highest BCUT2D eigenvalue weighted by Gasteiger charge is 2.15. The lowest BCUT2D eigenvalue weighted by molar-refractivity contribution is -0.120. The molecule has 0 bridgehead atoms. The zero-order chi connectivity index (χ0) is 15.2. The van der Waals surface area contributed by atoms with Crippen molar-refractivity contribution in [2.75, 3.05) is 13.2 Å². The molecule has 0 spiro atoms. The number of hydrogen-bond acceptors (Lipinski definition) is 2. The normalized spacial score (nSPS) is 11.4. The van der Waals surface area contributed by atoms with Crippen molar-refractivity contribution in [3.05, 3.63) is 35.4 Å². The van der Waals surface area contributed by atoms with Crippen LogP contribution < -0.4 is 5.32 Å².